The Balaban J connectivity index is 1.32. The monoisotopic (exact) mass is 603 g/mol. The molecule has 5 nitrogen and oxygen atoms in total. The summed E-state index contributed by atoms with van der Waals surface area (Å²) in [6.45, 7) is 4.48. The van der Waals surface area contributed by atoms with Gasteiger partial charge < -0.3 is 0 Å². The summed E-state index contributed by atoms with van der Waals surface area (Å²) in [5.74, 6) is 1.85. The summed E-state index contributed by atoms with van der Waals surface area (Å²) in [7, 11) is 0. The first-order valence-corrected chi connectivity index (χ1v) is 15.6. The molecule has 0 N–H and O–H groups in total. The van der Waals surface area contributed by atoms with E-state index in [-0.39, 0.29) is 5.41 Å². The van der Waals surface area contributed by atoms with E-state index in [2.05, 4.69) is 67.4 Å². The van der Waals surface area contributed by atoms with E-state index in [0.717, 1.165) is 38.9 Å². The van der Waals surface area contributed by atoms with Crippen molar-refractivity contribution < 1.29 is 0 Å². The van der Waals surface area contributed by atoms with Gasteiger partial charge in [-0.1, -0.05) is 92.7 Å². The zero-order valence-corrected chi connectivity index (χ0v) is 26.0. The van der Waals surface area contributed by atoms with Crippen molar-refractivity contribution in [2.75, 3.05) is 0 Å². The van der Waals surface area contributed by atoms with Gasteiger partial charge in [0.1, 0.15) is 0 Å². The summed E-state index contributed by atoms with van der Waals surface area (Å²) >= 11 is 0. The molecule has 0 amide bonds. The van der Waals surface area contributed by atoms with Crippen LogP contribution in [0.3, 0.4) is 0 Å². The summed E-state index contributed by atoms with van der Waals surface area (Å²) < 4.78 is 0. The average molecular weight is 604 g/mol. The number of hydrogen-bond donors (Lipinski definition) is 0. The van der Waals surface area contributed by atoms with Gasteiger partial charge in [-0.25, -0.2) is 15.0 Å². The van der Waals surface area contributed by atoms with Crippen LogP contribution in [0.5, 0.6) is 0 Å². The molecule has 5 heteroatoms. The Kier molecular flexibility index (Phi) is 6.78. The van der Waals surface area contributed by atoms with E-state index in [0.29, 0.717) is 23.0 Å². The molecular weight excluding hydrogens is 574 g/mol. The lowest BCUT2D eigenvalue weighted by molar-refractivity contribution is 0.660. The maximum Gasteiger partial charge on any atom is 0.164 e. The summed E-state index contributed by atoms with van der Waals surface area (Å²) in [4.78, 5) is 19.2. The molecular formula is C42H29N5. The lowest BCUT2D eigenvalue weighted by Gasteiger charge is -2.22. The molecule has 7 aromatic rings. The van der Waals surface area contributed by atoms with Gasteiger partial charge in [0, 0.05) is 34.5 Å². The standard InChI is InChI=1S/C42H29N5/c1-42(2)37-21-27(26-43)13-15-35(37)36-16-14-31(25-38(36)42)33-22-32(28-17-19-44-20-18-28)23-34(24-33)41-46-39(29-9-5-3-6-10-29)45-40(47-41)30-11-7-4-8-12-30/h3-25H,1-2H3. The van der Waals surface area contributed by atoms with E-state index < -0.39 is 0 Å². The van der Waals surface area contributed by atoms with Gasteiger partial charge in [0.05, 0.1) is 11.6 Å². The van der Waals surface area contributed by atoms with Gasteiger partial charge in [-0.05, 0) is 93.0 Å². The van der Waals surface area contributed by atoms with Crippen molar-refractivity contribution in [2.24, 2.45) is 0 Å². The van der Waals surface area contributed by atoms with Crippen LogP contribution in [0.15, 0.2) is 140 Å². The molecule has 0 unspecified atom stereocenters. The fraction of sp³-hybridized carbons (Fsp3) is 0.0714. The van der Waals surface area contributed by atoms with E-state index in [1.807, 2.05) is 97.3 Å². The predicted molar refractivity (Wildman–Crippen MR) is 187 cm³/mol. The summed E-state index contributed by atoms with van der Waals surface area (Å²) in [6, 6.07) is 45.7. The highest BCUT2D eigenvalue weighted by Crippen LogP contribution is 2.50. The Labute approximate surface area is 273 Å². The highest BCUT2D eigenvalue weighted by Gasteiger charge is 2.35. The van der Waals surface area contributed by atoms with E-state index in [1.165, 1.54) is 22.3 Å². The first kappa shape index (κ1) is 28.2. The molecule has 0 spiro atoms. The van der Waals surface area contributed by atoms with Crippen LogP contribution in [0.1, 0.15) is 30.5 Å². The van der Waals surface area contributed by atoms with Crippen molar-refractivity contribution in [3.63, 3.8) is 0 Å². The number of rotatable bonds is 5. The first-order chi connectivity index (χ1) is 23.0. The van der Waals surface area contributed by atoms with Crippen LogP contribution in [0.4, 0.5) is 0 Å². The second-order valence-corrected chi connectivity index (χ2v) is 12.3. The SMILES string of the molecule is CC1(C)c2cc(C#N)ccc2-c2ccc(-c3cc(-c4ccncc4)cc(-c4nc(-c5ccccc5)nc(-c5ccccc5)n4)c3)cc21. The second kappa shape index (κ2) is 11.3. The fourth-order valence-electron chi connectivity index (χ4n) is 6.56. The summed E-state index contributed by atoms with van der Waals surface area (Å²) in [5.41, 5.74) is 12.3. The molecule has 47 heavy (non-hydrogen) atoms. The van der Waals surface area contributed by atoms with Gasteiger partial charge in [0.2, 0.25) is 0 Å². The average Bonchev–Trinajstić information content (AvgIpc) is 3.37. The van der Waals surface area contributed by atoms with Gasteiger partial charge in [0.25, 0.3) is 0 Å². The maximum atomic E-state index is 9.58. The van der Waals surface area contributed by atoms with Crippen LogP contribution >= 0.6 is 0 Å². The molecule has 2 aromatic heterocycles. The summed E-state index contributed by atoms with van der Waals surface area (Å²) in [5, 5.41) is 9.58. The molecule has 0 radical (unpaired) electrons. The van der Waals surface area contributed by atoms with Crippen LogP contribution in [-0.2, 0) is 5.41 Å². The van der Waals surface area contributed by atoms with E-state index in [4.69, 9.17) is 15.0 Å². The molecule has 0 bridgehead atoms. The Hall–Kier alpha value is -6.25. The number of fused-ring (bicyclic) bond motifs is 3. The minimum absolute atomic E-state index is 0.248. The molecule has 0 saturated heterocycles. The summed E-state index contributed by atoms with van der Waals surface area (Å²) in [6.07, 6.45) is 3.63. The maximum absolute atomic E-state index is 9.58. The minimum atomic E-state index is -0.248. The molecule has 222 valence electrons. The van der Waals surface area contributed by atoms with E-state index in [9.17, 15) is 5.26 Å². The van der Waals surface area contributed by atoms with Gasteiger partial charge in [-0.15, -0.1) is 0 Å². The molecule has 0 atom stereocenters. The van der Waals surface area contributed by atoms with Crippen LogP contribution < -0.4 is 0 Å². The molecule has 0 aliphatic heterocycles. The van der Waals surface area contributed by atoms with Gasteiger partial charge >= 0.3 is 0 Å². The Morgan fingerprint density at radius 3 is 1.57 bits per heavy atom. The van der Waals surface area contributed by atoms with Gasteiger partial charge in [0.15, 0.2) is 17.5 Å². The van der Waals surface area contributed by atoms with Crippen LogP contribution in [0.2, 0.25) is 0 Å². The molecule has 2 heterocycles. The predicted octanol–water partition coefficient (Wildman–Crippen LogP) is 9.78. The largest absolute Gasteiger partial charge is 0.265 e. The Morgan fingerprint density at radius 2 is 0.979 bits per heavy atom. The van der Waals surface area contributed by atoms with Crippen molar-refractivity contribution in [2.45, 2.75) is 19.3 Å². The lowest BCUT2D eigenvalue weighted by Crippen LogP contribution is -2.15. The van der Waals surface area contributed by atoms with Gasteiger partial charge in [-0.2, -0.15) is 5.26 Å². The minimum Gasteiger partial charge on any atom is -0.265 e. The number of aromatic nitrogens is 4. The Bertz CT molecular complexity index is 2260. The topological polar surface area (TPSA) is 75.3 Å². The third kappa shape index (κ3) is 5.07. The van der Waals surface area contributed by atoms with Crippen molar-refractivity contribution in [1.82, 2.24) is 19.9 Å². The molecule has 5 aromatic carbocycles. The molecule has 8 rings (SSSR count). The van der Waals surface area contributed by atoms with Crippen LogP contribution in [0.25, 0.3) is 67.5 Å². The van der Waals surface area contributed by atoms with E-state index in [1.54, 1.807) is 0 Å². The molecule has 0 fully saturated rings. The number of hydrogen-bond acceptors (Lipinski definition) is 5. The smallest absolute Gasteiger partial charge is 0.164 e. The normalized spacial score (nSPS) is 12.6. The van der Waals surface area contributed by atoms with Crippen LogP contribution in [0, 0.1) is 11.3 Å². The van der Waals surface area contributed by atoms with Crippen LogP contribution in [-0.4, -0.2) is 19.9 Å². The fourth-order valence-corrected chi connectivity index (χ4v) is 6.56. The highest BCUT2D eigenvalue weighted by molar-refractivity contribution is 5.86. The van der Waals surface area contributed by atoms with Crippen molar-refractivity contribution in [3.05, 3.63) is 156 Å². The highest BCUT2D eigenvalue weighted by atomic mass is 15.0. The number of benzene rings is 5. The number of nitriles is 1. The van der Waals surface area contributed by atoms with Crippen molar-refractivity contribution in [1.29, 1.82) is 5.26 Å². The third-order valence-electron chi connectivity index (χ3n) is 9.04. The molecule has 1 aliphatic rings. The number of nitrogens with zero attached hydrogens (tertiary/aromatic N) is 5. The van der Waals surface area contributed by atoms with Crippen molar-refractivity contribution in [3.8, 4) is 73.6 Å². The quantitative estimate of drug-likeness (QED) is 0.196. The zero-order chi connectivity index (χ0) is 32.0. The zero-order valence-electron chi connectivity index (χ0n) is 26.0. The number of pyridine rings is 1. The Morgan fingerprint density at radius 1 is 0.468 bits per heavy atom. The molecule has 1 aliphatic carbocycles. The molecule has 0 saturated carbocycles. The first-order valence-electron chi connectivity index (χ1n) is 15.6. The lowest BCUT2D eigenvalue weighted by atomic mass is 9.81. The van der Waals surface area contributed by atoms with E-state index >= 15 is 0 Å². The van der Waals surface area contributed by atoms with Crippen molar-refractivity contribution >= 4 is 0 Å². The third-order valence-corrected chi connectivity index (χ3v) is 9.04. The van der Waals surface area contributed by atoms with Gasteiger partial charge in [-0.3, -0.25) is 4.98 Å². The second-order valence-electron chi connectivity index (χ2n) is 12.3.